The van der Waals surface area contributed by atoms with Crippen molar-refractivity contribution in [1.82, 2.24) is 20.2 Å². The molecule has 3 aromatic rings. The number of aromatic nitrogens is 4. The van der Waals surface area contributed by atoms with Gasteiger partial charge in [0.1, 0.15) is 11.5 Å². The van der Waals surface area contributed by atoms with Gasteiger partial charge in [0.25, 0.3) is 5.56 Å². The molecule has 1 fully saturated rings. The van der Waals surface area contributed by atoms with Crippen molar-refractivity contribution >= 4 is 0 Å². The van der Waals surface area contributed by atoms with Crippen LogP contribution in [-0.4, -0.2) is 27.3 Å². The van der Waals surface area contributed by atoms with E-state index >= 15 is 0 Å². The predicted octanol–water partition coefficient (Wildman–Crippen LogP) is 1.82. The molecular weight excluding hydrogens is 363 g/mol. The van der Waals surface area contributed by atoms with Gasteiger partial charge < -0.3 is 9.72 Å². The molecule has 0 spiro atoms. The van der Waals surface area contributed by atoms with E-state index in [0.29, 0.717) is 17.1 Å². The molecule has 2 aromatic heterocycles. The molecule has 1 aliphatic rings. The molecule has 7 nitrogen and oxygen atoms in total. The third kappa shape index (κ3) is 3.55. The van der Waals surface area contributed by atoms with Crippen LogP contribution in [0.4, 0.5) is 4.39 Å². The van der Waals surface area contributed by atoms with Gasteiger partial charge in [0.05, 0.1) is 12.7 Å². The molecule has 0 saturated heterocycles. The molecule has 0 amide bonds. The van der Waals surface area contributed by atoms with E-state index in [1.165, 1.54) is 25.4 Å². The summed E-state index contributed by atoms with van der Waals surface area (Å²) in [7, 11) is 1.50. The number of rotatable bonds is 3. The first kappa shape index (κ1) is 17.7. The smallest absolute Gasteiger partial charge is 0.325 e. The summed E-state index contributed by atoms with van der Waals surface area (Å²) in [5.41, 5.74) is 0.802. The van der Waals surface area contributed by atoms with Gasteiger partial charge in [-0.05, 0) is 30.7 Å². The quantitative estimate of drug-likeness (QED) is 0.677. The zero-order valence-electron chi connectivity index (χ0n) is 14.8. The number of nitrogens with one attached hydrogen (secondary N) is 2. The van der Waals surface area contributed by atoms with Crippen molar-refractivity contribution in [3.8, 4) is 29.0 Å². The maximum atomic E-state index is 13.3. The van der Waals surface area contributed by atoms with Crippen molar-refractivity contribution in [2.24, 2.45) is 5.92 Å². The van der Waals surface area contributed by atoms with Crippen molar-refractivity contribution in [3.63, 3.8) is 0 Å². The van der Waals surface area contributed by atoms with Crippen molar-refractivity contribution in [2.45, 2.75) is 12.3 Å². The standard InChI is InChI=1S/C20H15FN4O3/c1-28-19-15(9-17(24-25-19)16-10-22-20(27)23-18(16)26)14-8-12(14)6-5-11-3-2-4-13(21)7-11/h2-4,7,9-10,12,14H,8H2,1H3,(H2,22,23,26,27)/t12?,14-/m0/s1. The van der Waals surface area contributed by atoms with Gasteiger partial charge in [0, 0.05) is 29.2 Å². The second-order valence-electron chi connectivity index (χ2n) is 6.41. The summed E-state index contributed by atoms with van der Waals surface area (Å²) < 4.78 is 18.6. The van der Waals surface area contributed by atoms with E-state index in [-0.39, 0.29) is 23.2 Å². The minimum atomic E-state index is -0.592. The fourth-order valence-electron chi connectivity index (χ4n) is 2.99. The fourth-order valence-corrected chi connectivity index (χ4v) is 2.99. The first-order valence-corrected chi connectivity index (χ1v) is 8.56. The van der Waals surface area contributed by atoms with Crippen molar-refractivity contribution in [1.29, 1.82) is 0 Å². The second kappa shape index (κ2) is 7.12. The third-order valence-electron chi connectivity index (χ3n) is 4.49. The lowest BCUT2D eigenvalue weighted by atomic mass is 10.1. The Balaban J connectivity index is 1.63. The van der Waals surface area contributed by atoms with E-state index in [0.717, 1.165) is 12.0 Å². The summed E-state index contributed by atoms with van der Waals surface area (Å²) in [6.45, 7) is 0. The minimum Gasteiger partial charge on any atom is -0.480 e. The highest BCUT2D eigenvalue weighted by atomic mass is 19.1. The lowest BCUT2D eigenvalue weighted by molar-refractivity contribution is 0.386. The Morgan fingerprint density at radius 3 is 2.86 bits per heavy atom. The molecule has 1 unspecified atom stereocenters. The molecule has 0 aliphatic heterocycles. The molecule has 0 bridgehead atoms. The number of aromatic amines is 2. The molecular formula is C20H15FN4O3. The van der Waals surface area contributed by atoms with Gasteiger partial charge in [-0.15, -0.1) is 10.2 Å². The van der Waals surface area contributed by atoms with Crippen LogP contribution in [0.25, 0.3) is 11.3 Å². The number of ether oxygens (including phenoxy) is 1. The molecule has 4 rings (SSSR count). The van der Waals surface area contributed by atoms with Crippen LogP contribution < -0.4 is 16.0 Å². The summed E-state index contributed by atoms with van der Waals surface area (Å²) in [6, 6.07) is 7.86. The molecule has 2 atom stereocenters. The maximum Gasteiger partial charge on any atom is 0.325 e. The van der Waals surface area contributed by atoms with Gasteiger partial charge in [0.2, 0.25) is 5.88 Å². The van der Waals surface area contributed by atoms with E-state index in [9.17, 15) is 14.0 Å². The number of hydrogen-bond acceptors (Lipinski definition) is 5. The topological polar surface area (TPSA) is 101 Å². The Bertz CT molecular complexity index is 1220. The maximum absolute atomic E-state index is 13.3. The Labute approximate surface area is 158 Å². The monoisotopic (exact) mass is 378 g/mol. The highest BCUT2D eigenvalue weighted by Gasteiger charge is 2.40. The number of hydrogen-bond donors (Lipinski definition) is 2. The zero-order valence-corrected chi connectivity index (χ0v) is 14.8. The van der Waals surface area contributed by atoms with Gasteiger partial charge in [0.15, 0.2) is 0 Å². The van der Waals surface area contributed by atoms with Crippen LogP contribution in [0.1, 0.15) is 23.5 Å². The van der Waals surface area contributed by atoms with Crippen molar-refractivity contribution in [2.75, 3.05) is 7.11 Å². The van der Waals surface area contributed by atoms with Gasteiger partial charge in [-0.2, -0.15) is 0 Å². The Morgan fingerprint density at radius 2 is 2.11 bits per heavy atom. The first-order valence-electron chi connectivity index (χ1n) is 8.56. The predicted molar refractivity (Wildman–Crippen MR) is 99.4 cm³/mol. The average Bonchev–Trinajstić information content (AvgIpc) is 3.46. The molecule has 28 heavy (non-hydrogen) atoms. The van der Waals surface area contributed by atoms with Crippen LogP contribution in [0.2, 0.25) is 0 Å². The summed E-state index contributed by atoms with van der Waals surface area (Å²) in [5.74, 6) is 6.32. The lowest BCUT2D eigenvalue weighted by Crippen LogP contribution is -2.23. The van der Waals surface area contributed by atoms with Crippen LogP contribution in [-0.2, 0) is 0 Å². The average molecular weight is 378 g/mol. The van der Waals surface area contributed by atoms with Crippen LogP contribution in [0.3, 0.4) is 0 Å². The van der Waals surface area contributed by atoms with Crippen LogP contribution in [0.5, 0.6) is 5.88 Å². The zero-order chi connectivity index (χ0) is 19.7. The molecule has 140 valence electrons. The lowest BCUT2D eigenvalue weighted by Gasteiger charge is -2.07. The summed E-state index contributed by atoms with van der Waals surface area (Å²) in [5, 5.41) is 8.06. The SMILES string of the molecule is COc1nnc(-c2c[nH]c(=O)[nH]c2=O)cc1[C@H]1CC1C#Cc1cccc(F)c1. The Morgan fingerprint density at radius 1 is 1.25 bits per heavy atom. The van der Waals surface area contributed by atoms with Crippen molar-refractivity contribution < 1.29 is 9.13 Å². The van der Waals surface area contributed by atoms with Gasteiger partial charge >= 0.3 is 5.69 Å². The Hall–Kier alpha value is -3.73. The summed E-state index contributed by atoms with van der Waals surface area (Å²) >= 11 is 0. The number of halogens is 1. The van der Waals surface area contributed by atoms with E-state index in [1.807, 2.05) is 0 Å². The molecule has 1 aromatic carbocycles. The number of nitrogens with zero attached hydrogens (tertiary/aromatic N) is 2. The molecule has 2 heterocycles. The highest BCUT2D eigenvalue weighted by Crippen LogP contribution is 2.49. The van der Waals surface area contributed by atoms with E-state index in [1.54, 1.807) is 18.2 Å². The summed E-state index contributed by atoms with van der Waals surface area (Å²) in [6.07, 6.45) is 2.10. The van der Waals surface area contributed by atoms with Crippen LogP contribution in [0.15, 0.2) is 46.1 Å². The highest BCUT2D eigenvalue weighted by molar-refractivity contribution is 5.58. The summed E-state index contributed by atoms with van der Waals surface area (Å²) in [4.78, 5) is 27.8. The van der Waals surface area contributed by atoms with Gasteiger partial charge in [-0.25, -0.2) is 9.18 Å². The van der Waals surface area contributed by atoms with E-state index in [2.05, 4.69) is 32.0 Å². The largest absolute Gasteiger partial charge is 0.480 e. The van der Waals surface area contributed by atoms with Gasteiger partial charge in [-0.3, -0.25) is 9.78 Å². The van der Waals surface area contributed by atoms with E-state index < -0.39 is 11.2 Å². The minimum absolute atomic E-state index is 0.0723. The molecule has 1 saturated carbocycles. The number of H-pyrrole nitrogens is 2. The first-order chi connectivity index (χ1) is 13.5. The van der Waals surface area contributed by atoms with Crippen LogP contribution >= 0.6 is 0 Å². The molecule has 8 heteroatoms. The number of benzene rings is 1. The fraction of sp³-hybridized carbons (Fsp3) is 0.200. The van der Waals surface area contributed by atoms with Gasteiger partial charge in [-0.1, -0.05) is 17.9 Å². The second-order valence-corrected chi connectivity index (χ2v) is 6.41. The number of methoxy groups -OCH3 is 1. The van der Waals surface area contributed by atoms with E-state index in [4.69, 9.17) is 4.74 Å². The third-order valence-corrected chi connectivity index (χ3v) is 4.49. The normalized spacial score (nSPS) is 17.5. The molecule has 0 radical (unpaired) electrons. The molecule has 2 N–H and O–H groups in total. The van der Waals surface area contributed by atoms with Crippen molar-refractivity contribution in [3.05, 3.63) is 74.3 Å². The molecule has 1 aliphatic carbocycles. The Kier molecular flexibility index (Phi) is 4.49. The van der Waals surface area contributed by atoms with Crippen LogP contribution in [0, 0.1) is 23.6 Å².